The summed E-state index contributed by atoms with van der Waals surface area (Å²) >= 11 is 0. The van der Waals surface area contributed by atoms with Crippen LogP contribution in [0.3, 0.4) is 0 Å². The van der Waals surface area contributed by atoms with Gasteiger partial charge in [-0.1, -0.05) is 104 Å². The van der Waals surface area contributed by atoms with E-state index in [2.05, 4.69) is 40.9 Å². The Kier molecular flexibility index (Phi) is 6.44. The van der Waals surface area contributed by atoms with Crippen molar-refractivity contribution >= 4 is 12.2 Å². The zero-order valence-electron chi connectivity index (χ0n) is 21.1. The molecular weight excluding hydrogens is 456 g/mol. The molecule has 6 rings (SSSR count). The Morgan fingerprint density at radius 1 is 0.892 bits per heavy atom. The van der Waals surface area contributed by atoms with E-state index in [1.807, 2.05) is 59.2 Å². The SMILES string of the molecule is O=c1c2c(nc(NN=Cc3ccccc3)n1CCc1ccccc1)-c1ccccc1CC21CCCCC1. The topological polar surface area (TPSA) is 59.3 Å². The van der Waals surface area contributed by atoms with Gasteiger partial charge < -0.3 is 0 Å². The van der Waals surface area contributed by atoms with Gasteiger partial charge in [0.1, 0.15) is 0 Å². The number of fused-ring (bicyclic) bond motifs is 4. The second-order valence-corrected chi connectivity index (χ2v) is 10.3. The van der Waals surface area contributed by atoms with Crippen LogP contribution in [0.2, 0.25) is 0 Å². The fourth-order valence-electron chi connectivity index (χ4n) is 6.12. The third-order valence-corrected chi connectivity index (χ3v) is 7.96. The molecule has 0 unspecified atom stereocenters. The van der Waals surface area contributed by atoms with E-state index < -0.39 is 0 Å². The largest absolute Gasteiger partial charge is 0.277 e. The van der Waals surface area contributed by atoms with Crippen LogP contribution in [-0.4, -0.2) is 15.8 Å². The number of hydrogen-bond acceptors (Lipinski definition) is 4. The zero-order valence-corrected chi connectivity index (χ0v) is 21.1. The molecule has 2 aliphatic carbocycles. The van der Waals surface area contributed by atoms with Gasteiger partial charge in [0.05, 0.1) is 17.5 Å². The van der Waals surface area contributed by atoms with Gasteiger partial charge in [-0.3, -0.25) is 9.36 Å². The highest BCUT2D eigenvalue weighted by Gasteiger charge is 2.43. The van der Waals surface area contributed by atoms with Crippen molar-refractivity contribution in [2.75, 3.05) is 5.43 Å². The first kappa shape index (κ1) is 23.4. The van der Waals surface area contributed by atoms with E-state index >= 15 is 0 Å². The van der Waals surface area contributed by atoms with Crippen LogP contribution in [0.15, 0.2) is 94.8 Å². The van der Waals surface area contributed by atoms with E-state index in [1.54, 1.807) is 6.21 Å². The average molecular weight is 489 g/mol. The Labute approximate surface area is 217 Å². The summed E-state index contributed by atoms with van der Waals surface area (Å²) in [4.78, 5) is 19.5. The van der Waals surface area contributed by atoms with Gasteiger partial charge in [0.15, 0.2) is 0 Å². The van der Waals surface area contributed by atoms with E-state index in [0.29, 0.717) is 12.5 Å². The van der Waals surface area contributed by atoms with Gasteiger partial charge in [-0.25, -0.2) is 10.4 Å². The lowest BCUT2D eigenvalue weighted by molar-refractivity contribution is 0.283. The first-order valence-electron chi connectivity index (χ1n) is 13.4. The standard InChI is InChI=1S/C32H32N4O/c37-30-28-29(27-17-9-8-16-26(27)22-32(28)19-10-3-11-20-32)34-31(35-33-23-25-14-6-2-7-15-25)36(30)21-18-24-12-4-1-5-13-24/h1-2,4-9,12-17,23H,3,10-11,18-22H2,(H,34,35). The van der Waals surface area contributed by atoms with Crippen LogP contribution in [0.25, 0.3) is 11.3 Å². The van der Waals surface area contributed by atoms with E-state index in [-0.39, 0.29) is 11.0 Å². The molecule has 1 saturated carbocycles. The molecule has 1 aromatic heterocycles. The van der Waals surface area contributed by atoms with E-state index in [1.165, 1.54) is 17.5 Å². The summed E-state index contributed by atoms with van der Waals surface area (Å²) in [5, 5.41) is 4.48. The van der Waals surface area contributed by atoms with Crippen LogP contribution >= 0.6 is 0 Å². The van der Waals surface area contributed by atoms with Crippen LogP contribution in [0.5, 0.6) is 0 Å². The number of hydrogen-bond donors (Lipinski definition) is 1. The Bertz CT molecular complexity index is 1470. The van der Waals surface area contributed by atoms with Crippen LogP contribution < -0.4 is 11.0 Å². The molecule has 4 aromatic rings. The lowest BCUT2D eigenvalue weighted by Gasteiger charge is -2.42. The summed E-state index contributed by atoms with van der Waals surface area (Å²) in [7, 11) is 0. The molecule has 0 saturated heterocycles. The maximum atomic E-state index is 14.4. The van der Waals surface area contributed by atoms with Crippen molar-refractivity contribution in [1.29, 1.82) is 0 Å². The molecule has 0 bridgehead atoms. The molecule has 5 nitrogen and oxygen atoms in total. The van der Waals surface area contributed by atoms with Gasteiger partial charge in [-0.2, -0.15) is 5.10 Å². The molecule has 1 fully saturated rings. The number of aromatic nitrogens is 2. The number of hydrazone groups is 1. The van der Waals surface area contributed by atoms with Gasteiger partial charge >= 0.3 is 0 Å². The zero-order chi connectivity index (χ0) is 25.1. The lowest BCUT2D eigenvalue weighted by atomic mass is 9.62. The van der Waals surface area contributed by atoms with Crippen molar-refractivity contribution in [3.63, 3.8) is 0 Å². The number of benzene rings is 3. The van der Waals surface area contributed by atoms with Gasteiger partial charge in [-0.05, 0) is 42.4 Å². The highest BCUT2D eigenvalue weighted by Crippen LogP contribution is 2.48. The second-order valence-electron chi connectivity index (χ2n) is 10.3. The van der Waals surface area contributed by atoms with E-state index in [4.69, 9.17) is 4.98 Å². The molecule has 0 aliphatic heterocycles. The maximum absolute atomic E-state index is 14.4. The monoisotopic (exact) mass is 488 g/mol. The maximum Gasteiger partial charge on any atom is 0.259 e. The fourth-order valence-corrected chi connectivity index (χ4v) is 6.12. The van der Waals surface area contributed by atoms with Crippen LogP contribution in [0.4, 0.5) is 5.95 Å². The molecule has 37 heavy (non-hydrogen) atoms. The smallest absolute Gasteiger partial charge is 0.259 e. The Morgan fingerprint density at radius 2 is 1.59 bits per heavy atom. The minimum atomic E-state index is -0.133. The van der Waals surface area contributed by atoms with Crippen molar-refractivity contribution in [1.82, 2.24) is 9.55 Å². The van der Waals surface area contributed by atoms with Crippen LogP contribution in [0.1, 0.15) is 54.4 Å². The number of rotatable bonds is 6. The summed E-state index contributed by atoms with van der Waals surface area (Å²) in [6.07, 6.45) is 9.09. The Balaban J connectivity index is 1.47. The summed E-state index contributed by atoms with van der Waals surface area (Å²) in [6, 6.07) is 28.7. The molecule has 1 N–H and O–H groups in total. The molecule has 2 aliphatic rings. The van der Waals surface area contributed by atoms with Gasteiger partial charge in [0.25, 0.3) is 5.56 Å². The van der Waals surface area contributed by atoms with Crippen LogP contribution in [-0.2, 0) is 24.8 Å². The van der Waals surface area contributed by atoms with Crippen LogP contribution in [0, 0.1) is 0 Å². The molecule has 0 atom stereocenters. The highest BCUT2D eigenvalue weighted by molar-refractivity contribution is 5.80. The highest BCUT2D eigenvalue weighted by atomic mass is 16.1. The van der Waals surface area contributed by atoms with Crippen molar-refractivity contribution in [2.45, 2.75) is 56.9 Å². The Morgan fingerprint density at radius 3 is 2.38 bits per heavy atom. The van der Waals surface area contributed by atoms with Crippen molar-refractivity contribution in [3.8, 4) is 11.3 Å². The van der Waals surface area contributed by atoms with E-state index in [9.17, 15) is 4.79 Å². The molecule has 1 spiro atoms. The Hall–Kier alpha value is -3.99. The van der Waals surface area contributed by atoms with Crippen molar-refractivity contribution in [3.05, 3.63) is 118 Å². The van der Waals surface area contributed by atoms with Gasteiger partial charge in [-0.15, -0.1) is 0 Å². The predicted octanol–water partition coefficient (Wildman–Crippen LogP) is 6.36. The molecule has 0 radical (unpaired) electrons. The number of nitrogens with zero attached hydrogens (tertiary/aromatic N) is 3. The number of anilines is 1. The minimum Gasteiger partial charge on any atom is -0.277 e. The quantitative estimate of drug-likeness (QED) is 0.254. The first-order valence-corrected chi connectivity index (χ1v) is 13.4. The number of aryl methyl sites for hydroxylation is 1. The first-order chi connectivity index (χ1) is 18.2. The second kappa shape index (κ2) is 10.2. The summed E-state index contributed by atoms with van der Waals surface area (Å²) in [6.45, 7) is 0.546. The molecule has 0 amide bonds. The van der Waals surface area contributed by atoms with Gasteiger partial charge in [0, 0.05) is 17.5 Å². The third kappa shape index (κ3) is 4.62. The molecule has 1 heterocycles. The van der Waals surface area contributed by atoms with Crippen molar-refractivity contribution < 1.29 is 0 Å². The molecule has 186 valence electrons. The van der Waals surface area contributed by atoms with E-state index in [0.717, 1.165) is 60.9 Å². The lowest BCUT2D eigenvalue weighted by Crippen LogP contribution is -2.43. The molecule has 5 heteroatoms. The summed E-state index contributed by atoms with van der Waals surface area (Å²) in [5.41, 5.74) is 9.38. The molecular formula is C32H32N4O. The minimum absolute atomic E-state index is 0.0785. The van der Waals surface area contributed by atoms with Gasteiger partial charge in [0.2, 0.25) is 5.95 Å². The summed E-state index contributed by atoms with van der Waals surface area (Å²) < 4.78 is 1.82. The predicted molar refractivity (Wildman–Crippen MR) is 150 cm³/mol. The number of nitrogens with one attached hydrogen (secondary N) is 1. The normalized spacial score (nSPS) is 15.9. The average Bonchev–Trinajstić information content (AvgIpc) is 2.94. The summed E-state index contributed by atoms with van der Waals surface area (Å²) in [5.74, 6) is 0.495. The third-order valence-electron chi connectivity index (χ3n) is 7.96. The fraction of sp³-hybridized carbons (Fsp3) is 0.281. The van der Waals surface area contributed by atoms with Crippen molar-refractivity contribution in [2.24, 2.45) is 5.10 Å². The molecule has 3 aromatic carbocycles.